The Hall–Kier alpha value is -1.91. The first-order valence-electron chi connectivity index (χ1n) is 6.80. The number of hydrogen-bond donors (Lipinski definition) is 2. The molecule has 0 bridgehead atoms. The molecule has 0 fully saturated rings. The third-order valence-electron chi connectivity index (χ3n) is 3.05. The molecule has 0 radical (unpaired) electrons. The third kappa shape index (κ3) is 4.09. The van der Waals surface area contributed by atoms with E-state index in [1.165, 1.54) is 6.07 Å². The van der Waals surface area contributed by atoms with Crippen molar-refractivity contribution in [3.05, 3.63) is 29.6 Å². The molecule has 8 nitrogen and oxygen atoms in total. The monoisotopic (exact) mass is 329 g/mol. The van der Waals surface area contributed by atoms with Crippen molar-refractivity contribution < 1.29 is 38.4 Å². The van der Waals surface area contributed by atoms with Gasteiger partial charge in [-0.05, 0) is 25.1 Å². The molecule has 1 aromatic carbocycles. The van der Waals surface area contributed by atoms with Crippen LogP contribution in [0.2, 0.25) is 0 Å². The van der Waals surface area contributed by atoms with Crippen molar-refractivity contribution in [2.45, 2.75) is 19.7 Å². The SMILES string of the molecule is CCOC(O)OCOC(O)CN1C(=O)C(=O)c2cc(F)ccc21. The molecular formula is C14H16FNO7. The van der Waals surface area contributed by atoms with Crippen LogP contribution in [0.25, 0.3) is 0 Å². The second kappa shape index (κ2) is 7.57. The Balaban J connectivity index is 1.93. The molecule has 23 heavy (non-hydrogen) atoms. The minimum atomic E-state index is -1.49. The number of hydrogen-bond acceptors (Lipinski definition) is 7. The lowest BCUT2D eigenvalue weighted by Gasteiger charge is -2.21. The number of β-amino-alcohol motifs (C(OH)–C–C–N with tert-alkyl or cyclic N) is 1. The Bertz CT molecular complexity index is 594. The number of aliphatic hydroxyl groups is 2. The Kier molecular flexibility index (Phi) is 5.74. The molecule has 1 amide bonds. The highest BCUT2D eigenvalue weighted by Crippen LogP contribution is 2.29. The van der Waals surface area contributed by atoms with Crippen LogP contribution in [0.3, 0.4) is 0 Å². The molecule has 0 aliphatic carbocycles. The van der Waals surface area contributed by atoms with Crippen molar-refractivity contribution in [3.63, 3.8) is 0 Å². The van der Waals surface area contributed by atoms with Crippen molar-refractivity contribution >= 4 is 17.4 Å². The van der Waals surface area contributed by atoms with Crippen molar-refractivity contribution in [1.29, 1.82) is 0 Å². The zero-order chi connectivity index (χ0) is 17.0. The number of carbonyl (C=O) groups excluding carboxylic acids is 2. The van der Waals surface area contributed by atoms with Crippen molar-refractivity contribution in [3.8, 4) is 0 Å². The number of carbonyl (C=O) groups is 2. The smallest absolute Gasteiger partial charge is 0.299 e. The number of Topliss-reactive ketones (excluding diaryl/α,β-unsaturated/α-hetero) is 1. The Morgan fingerprint density at radius 1 is 1.22 bits per heavy atom. The number of rotatable bonds is 8. The summed E-state index contributed by atoms with van der Waals surface area (Å²) in [6, 6.07) is 3.34. The van der Waals surface area contributed by atoms with Gasteiger partial charge in [0.15, 0.2) is 13.1 Å². The van der Waals surface area contributed by atoms with Crippen molar-refractivity contribution in [2.75, 3.05) is 24.8 Å². The average molecular weight is 329 g/mol. The molecule has 2 rings (SSSR count). The molecule has 1 aromatic rings. The molecule has 1 heterocycles. The minimum Gasteiger partial charge on any atom is -0.366 e. The number of amides is 1. The molecule has 1 aliphatic heterocycles. The van der Waals surface area contributed by atoms with Crippen molar-refractivity contribution in [1.82, 2.24) is 0 Å². The number of fused-ring (bicyclic) bond motifs is 1. The minimum absolute atomic E-state index is 0.0646. The summed E-state index contributed by atoms with van der Waals surface area (Å²) in [7, 11) is 0. The fraction of sp³-hybridized carbons (Fsp3) is 0.429. The van der Waals surface area contributed by atoms with Crippen LogP contribution in [0, 0.1) is 5.82 Å². The highest BCUT2D eigenvalue weighted by Gasteiger charge is 2.37. The fourth-order valence-electron chi connectivity index (χ4n) is 2.03. The maximum absolute atomic E-state index is 13.1. The third-order valence-corrected chi connectivity index (χ3v) is 3.05. The quantitative estimate of drug-likeness (QED) is 0.510. The van der Waals surface area contributed by atoms with Gasteiger partial charge in [0, 0.05) is 6.61 Å². The molecule has 1 aliphatic rings. The number of ether oxygens (including phenoxy) is 3. The first kappa shape index (κ1) is 17.4. The first-order chi connectivity index (χ1) is 10.9. The molecular weight excluding hydrogens is 313 g/mol. The van der Waals surface area contributed by atoms with Gasteiger partial charge in [0.2, 0.25) is 0 Å². The Morgan fingerprint density at radius 3 is 2.65 bits per heavy atom. The molecule has 0 aromatic heterocycles. The average Bonchev–Trinajstić information content (AvgIpc) is 2.72. The molecule has 0 saturated carbocycles. The lowest BCUT2D eigenvalue weighted by atomic mass is 10.1. The van der Waals surface area contributed by atoms with Crippen LogP contribution in [-0.2, 0) is 19.0 Å². The summed E-state index contributed by atoms with van der Waals surface area (Å²) < 4.78 is 27.4. The number of halogens is 1. The van der Waals surface area contributed by atoms with E-state index >= 15 is 0 Å². The van der Waals surface area contributed by atoms with Gasteiger partial charge in [-0.3, -0.25) is 14.5 Å². The fourth-order valence-corrected chi connectivity index (χ4v) is 2.03. The van der Waals surface area contributed by atoms with Gasteiger partial charge in [0.25, 0.3) is 18.2 Å². The summed E-state index contributed by atoms with van der Waals surface area (Å²) in [5, 5.41) is 18.9. The largest absolute Gasteiger partial charge is 0.366 e. The van der Waals surface area contributed by atoms with E-state index in [2.05, 4.69) is 9.47 Å². The second-order valence-corrected chi connectivity index (χ2v) is 4.57. The van der Waals surface area contributed by atoms with Crippen LogP contribution in [0.5, 0.6) is 0 Å². The zero-order valence-electron chi connectivity index (χ0n) is 12.3. The number of anilines is 1. The summed E-state index contributed by atoms with van der Waals surface area (Å²) >= 11 is 0. The predicted octanol–water partition coefficient (Wildman–Crippen LogP) is -0.0235. The summed E-state index contributed by atoms with van der Waals surface area (Å²) in [5.74, 6) is -2.37. The highest BCUT2D eigenvalue weighted by atomic mass is 19.1. The Morgan fingerprint density at radius 2 is 1.96 bits per heavy atom. The zero-order valence-corrected chi connectivity index (χ0v) is 12.3. The van der Waals surface area contributed by atoms with Gasteiger partial charge < -0.3 is 24.4 Å². The van der Waals surface area contributed by atoms with Crippen LogP contribution in [0.4, 0.5) is 10.1 Å². The van der Waals surface area contributed by atoms with Crippen LogP contribution < -0.4 is 4.90 Å². The summed E-state index contributed by atoms with van der Waals surface area (Å²) in [6.07, 6.45) is -1.48. The topological polar surface area (TPSA) is 106 Å². The highest BCUT2D eigenvalue weighted by molar-refractivity contribution is 6.52. The van der Waals surface area contributed by atoms with E-state index in [4.69, 9.17) is 9.84 Å². The summed E-state index contributed by atoms with van der Waals surface area (Å²) in [6.45, 7) is -0.461. The van der Waals surface area contributed by atoms with E-state index in [0.717, 1.165) is 17.0 Å². The summed E-state index contributed by atoms with van der Waals surface area (Å²) in [4.78, 5) is 24.6. The lowest BCUT2D eigenvalue weighted by Crippen LogP contribution is -2.38. The van der Waals surface area contributed by atoms with E-state index in [1.807, 2.05) is 0 Å². The van der Waals surface area contributed by atoms with Crippen LogP contribution in [0.15, 0.2) is 18.2 Å². The van der Waals surface area contributed by atoms with Crippen molar-refractivity contribution in [2.24, 2.45) is 0 Å². The van der Waals surface area contributed by atoms with E-state index in [9.17, 15) is 19.1 Å². The first-order valence-corrected chi connectivity index (χ1v) is 6.80. The molecule has 126 valence electrons. The lowest BCUT2D eigenvalue weighted by molar-refractivity contribution is -0.305. The molecule has 0 saturated heterocycles. The van der Waals surface area contributed by atoms with Gasteiger partial charge in [-0.15, -0.1) is 0 Å². The number of benzene rings is 1. The maximum atomic E-state index is 13.1. The standard InChI is InChI=1S/C14H16FNO7/c1-2-21-14(20)23-7-22-11(17)6-16-10-4-3-8(15)5-9(10)12(18)13(16)19/h3-5,11,14,17,20H,2,6-7H2,1H3. The van der Waals surface area contributed by atoms with Gasteiger partial charge >= 0.3 is 0 Å². The van der Waals surface area contributed by atoms with Gasteiger partial charge in [-0.25, -0.2) is 4.39 Å². The van der Waals surface area contributed by atoms with E-state index in [1.54, 1.807) is 6.92 Å². The van der Waals surface area contributed by atoms with E-state index in [-0.39, 0.29) is 24.4 Å². The normalized spacial score (nSPS) is 16.6. The summed E-state index contributed by atoms with van der Waals surface area (Å²) in [5.41, 5.74) is 0.129. The van der Waals surface area contributed by atoms with Gasteiger partial charge in [-0.1, -0.05) is 0 Å². The van der Waals surface area contributed by atoms with E-state index in [0.29, 0.717) is 0 Å². The number of nitrogens with zero attached hydrogens (tertiary/aromatic N) is 1. The van der Waals surface area contributed by atoms with Gasteiger partial charge in [0.05, 0.1) is 17.8 Å². The van der Waals surface area contributed by atoms with E-state index < -0.39 is 37.1 Å². The van der Waals surface area contributed by atoms with Gasteiger partial charge in [-0.2, -0.15) is 0 Å². The van der Waals surface area contributed by atoms with Gasteiger partial charge in [0.1, 0.15) is 5.82 Å². The molecule has 2 N–H and O–H groups in total. The van der Waals surface area contributed by atoms with Crippen LogP contribution >= 0.6 is 0 Å². The van der Waals surface area contributed by atoms with Crippen LogP contribution in [-0.4, -0.2) is 54.6 Å². The Labute approximate surface area is 131 Å². The molecule has 9 heteroatoms. The predicted molar refractivity (Wildman–Crippen MR) is 73.8 cm³/mol. The number of ketones is 1. The van der Waals surface area contributed by atoms with Crippen LogP contribution in [0.1, 0.15) is 17.3 Å². The molecule has 0 spiro atoms. The molecule has 2 atom stereocenters. The second-order valence-electron chi connectivity index (χ2n) is 4.57. The molecule has 2 unspecified atom stereocenters. The number of aliphatic hydroxyl groups excluding tert-OH is 2. The maximum Gasteiger partial charge on any atom is 0.299 e.